The third-order valence-corrected chi connectivity index (χ3v) is 3.82. The SMILES string of the molecule is Cl.Cl.OCCNCCCNCc1ccc(OCc2ccc(Cl)cc2)cc1. The van der Waals surface area contributed by atoms with Crippen LogP contribution in [0.1, 0.15) is 17.5 Å². The van der Waals surface area contributed by atoms with Crippen LogP contribution >= 0.6 is 36.4 Å². The van der Waals surface area contributed by atoms with Crippen molar-refractivity contribution in [1.82, 2.24) is 10.6 Å². The second-order valence-corrected chi connectivity index (χ2v) is 6.00. The van der Waals surface area contributed by atoms with E-state index in [1.54, 1.807) is 0 Å². The van der Waals surface area contributed by atoms with Gasteiger partial charge in [-0.05, 0) is 54.9 Å². The summed E-state index contributed by atoms with van der Waals surface area (Å²) in [6.07, 6.45) is 1.04. The molecule has 26 heavy (non-hydrogen) atoms. The Labute approximate surface area is 173 Å². The lowest BCUT2D eigenvalue weighted by Gasteiger charge is -2.09. The molecular formula is C19H27Cl3N2O2. The van der Waals surface area contributed by atoms with E-state index in [0.29, 0.717) is 13.2 Å². The number of benzene rings is 2. The molecule has 0 aromatic heterocycles. The van der Waals surface area contributed by atoms with E-state index in [1.165, 1.54) is 5.56 Å². The molecule has 0 unspecified atom stereocenters. The number of aliphatic hydroxyl groups excluding tert-OH is 1. The minimum absolute atomic E-state index is 0. The predicted molar refractivity (Wildman–Crippen MR) is 113 cm³/mol. The zero-order valence-electron chi connectivity index (χ0n) is 14.6. The van der Waals surface area contributed by atoms with Crippen molar-refractivity contribution in [2.45, 2.75) is 19.6 Å². The Morgan fingerprint density at radius 3 is 2.08 bits per heavy atom. The molecule has 0 heterocycles. The lowest BCUT2D eigenvalue weighted by Crippen LogP contribution is -2.23. The Bertz CT molecular complexity index is 580. The van der Waals surface area contributed by atoms with Crippen LogP contribution in [0.3, 0.4) is 0 Å². The van der Waals surface area contributed by atoms with E-state index in [4.69, 9.17) is 21.4 Å². The number of rotatable bonds is 11. The molecule has 0 aliphatic heterocycles. The highest BCUT2D eigenvalue weighted by atomic mass is 35.5. The van der Waals surface area contributed by atoms with Crippen LogP contribution in [0.5, 0.6) is 5.75 Å². The normalized spacial score (nSPS) is 9.92. The van der Waals surface area contributed by atoms with E-state index in [0.717, 1.165) is 42.4 Å². The van der Waals surface area contributed by atoms with Gasteiger partial charge in [0.25, 0.3) is 0 Å². The van der Waals surface area contributed by atoms with Crippen molar-refractivity contribution in [3.05, 3.63) is 64.7 Å². The Morgan fingerprint density at radius 2 is 1.42 bits per heavy atom. The summed E-state index contributed by atoms with van der Waals surface area (Å²) in [5, 5.41) is 16.0. The molecule has 0 aliphatic rings. The smallest absolute Gasteiger partial charge is 0.119 e. The third-order valence-electron chi connectivity index (χ3n) is 3.57. The molecule has 0 amide bonds. The standard InChI is InChI=1S/C19H25ClN2O2.2ClH/c20-18-6-2-17(3-7-18)15-24-19-8-4-16(5-9-19)14-22-11-1-10-21-12-13-23;;/h2-9,21-23H,1,10-15H2;2*1H. The monoisotopic (exact) mass is 420 g/mol. The van der Waals surface area contributed by atoms with Crippen LogP contribution in [0.2, 0.25) is 5.02 Å². The van der Waals surface area contributed by atoms with Crippen molar-refractivity contribution < 1.29 is 9.84 Å². The van der Waals surface area contributed by atoms with Crippen molar-refractivity contribution in [2.75, 3.05) is 26.2 Å². The van der Waals surface area contributed by atoms with Gasteiger partial charge in [0.1, 0.15) is 12.4 Å². The van der Waals surface area contributed by atoms with Crippen LogP contribution in [0.4, 0.5) is 0 Å². The number of halogens is 3. The summed E-state index contributed by atoms with van der Waals surface area (Å²) in [6.45, 7) is 4.11. The fourth-order valence-corrected chi connectivity index (χ4v) is 2.35. The highest BCUT2D eigenvalue weighted by Gasteiger charge is 1.98. The molecule has 0 spiro atoms. The maximum atomic E-state index is 8.66. The molecule has 2 aromatic carbocycles. The van der Waals surface area contributed by atoms with Crippen molar-refractivity contribution in [3.8, 4) is 5.75 Å². The summed E-state index contributed by atoms with van der Waals surface area (Å²) in [7, 11) is 0. The topological polar surface area (TPSA) is 53.5 Å². The number of aliphatic hydroxyl groups is 1. The van der Waals surface area contributed by atoms with Gasteiger partial charge in [0, 0.05) is 18.1 Å². The van der Waals surface area contributed by atoms with E-state index in [2.05, 4.69) is 22.8 Å². The maximum Gasteiger partial charge on any atom is 0.119 e. The van der Waals surface area contributed by atoms with Crippen LogP contribution in [-0.4, -0.2) is 31.3 Å². The average molecular weight is 422 g/mol. The van der Waals surface area contributed by atoms with Gasteiger partial charge in [-0.2, -0.15) is 0 Å². The number of ether oxygens (including phenoxy) is 1. The molecule has 0 saturated carbocycles. The van der Waals surface area contributed by atoms with Crippen molar-refractivity contribution in [1.29, 1.82) is 0 Å². The quantitative estimate of drug-likeness (QED) is 0.483. The first kappa shape index (κ1) is 25.0. The van der Waals surface area contributed by atoms with Gasteiger partial charge in [-0.3, -0.25) is 0 Å². The summed E-state index contributed by atoms with van der Waals surface area (Å²) in [4.78, 5) is 0. The van der Waals surface area contributed by atoms with Crippen molar-refractivity contribution in [3.63, 3.8) is 0 Å². The molecule has 0 fully saturated rings. The van der Waals surface area contributed by atoms with Crippen molar-refractivity contribution >= 4 is 36.4 Å². The highest BCUT2D eigenvalue weighted by molar-refractivity contribution is 6.30. The van der Waals surface area contributed by atoms with E-state index < -0.39 is 0 Å². The molecule has 146 valence electrons. The predicted octanol–water partition coefficient (Wildman–Crippen LogP) is 3.82. The van der Waals surface area contributed by atoms with Gasteiger partial charge in [0.2, 0.25) is 0 Å². The first-order chi connectivity index (χ1) is 11.8. The molecule has 4 nitrogen and oxygen atoms in total. The molecule has 2 aromatic rings. The van der Waals surface area contributed by atoms with Gasteiger partial charge in [0.15, 0.2) is 0 Å². The summed E-state index contributed by atoms with van der Waals surface area (Å²) < 4.78 is 5.78. The Balaban J connectivity index is 0.00000312. The van der Waals surface area contributed by atoms with Gasteiger partial charge in [-0.15, -0.1) is 24.8 Å². The summed E-state index contributed by atoms with van der Waals surface area (Å²) in [5.41, 5.74) is 2.33. The Hall–Kier alpha value is -1.01. The van der Waals surface area contributed by atoms with Crippen LogP contribution in [0.25, 0.3) is 0 Å². The summed E-state index contributed by atoms with van der Waals surface area (Å²) in [6, 6.07) is 15.8. The van der Waals surface area contributed by atoms with Crippen molar-refractivity contribution in [2.24, 2.45) is 0 Å². The zero-order chi connectivity index (χ0) is 17.0. The Kier molecular flexibility index (Phi) is 14.5. The van der Waals surface area contributed by atoms with Gasteiger partial charge < -0.3 is 20.5 Å². The molecule has 7 heteroatoms. The second kappa shape index (κ2) is 15.1. The third kappa shape index (κ3) is 10.2. The summed E-state index contributed by atoms with van der Waals surface area (Å²) in [5.74, 6) is 0.863. The number of hydrogen-bond donors (Lipinski definition) is 3. The average Bonchev–Trinajstić information content (AvgIpc) is 2.61. The van der Waals surface area contributed by atoms with E-state index in [9.17, 15) is 0 Å². The number of nitrogens with one attached hydrogen (secondary N) is 2. The molecule has 0 radical (unpaired) electrons. The minimum Gasteiger partial charge on any atom is -0.489 e. The number of hydrogen-bond acceptors (Lipinski definition) is 4. The fraction of sp³-hybridized carbons (Fsp3) is 0.368. The zero-order valence-corrected chi connectivity index (χ0v) is 17.0. The van der Waals surface area contributed by atoms with E-state index >= 15 is 0 Å². The molecule has 2 rings (SSSR count). The van der Waals surface area contributed by atoms with Crippen LogP contribution in [0, 0.1) is 0 Å². The fourth-order valence-electron chi connectivity index (χ4n) is 2.23. The first-order valence-electron chi connectivity index (χ1n) is 8.26. The molecule has 0 aliphatic carbocycles. The maximum absolute atomic E-state index is 8.66. The van der Waals surface area contributed by atoms with E-state index in [1.807, 2.05) is 36.4 Å². The van der Waals surface area contributed by atoms with E-state index in [-0.39, 0.29) is 31.4 Å². The van der Waals surface area contributed by atoms with Crippen LogP contribution in [-0.2, 0) is 13.2 Å². The van der Waals surface area contributed by atoms with Gasteiger partial charge in [-0.25, -0.2) is 0 Å². The lowest BCUT2D eigenvalue weighted by molar-refractivity contribution is 0.292. The first-order valence-corrected chi connectivity index (χ1v) is 8.64. The largest absolute Gasteiger partial charge is 0.489 e. The van der Waals surface area contributed by atoms with Gasteiger partial charge in [0.05, 0.1) is 6.61 Å². The Morgan fingerprint density at radius 1 is 0.808 bits per heavy atom. The second-order valence-electron chi connectivity index (χ2n) is 5.56. The lowest BCUT2D eigenvalue weighted by atomic mass is 10.2. The van der Waals surface area contributed by atoms with Crippen LogP contribution < -0.4 is 15.4 Å². The molecule has 3 N–H and O–H groups in total. The van der Waals surface area contributed by atoms with Gasteiger partial charge >= 0.3 is 0 Å². The highest BCUT2D eigenvalue weighted by Crippen LogP contribution is 2.15. The van der Waals surface area contributed by atoms with Gasteiger partial charge in [-0.1, -0.05) is 35.9 Å². The molecule has 0 bridgehead atoms. The molecule has 0 saturated heterocycles. The van der Waals surface area contributed by atoms with Crippen LogP contribution in [0.15, 0.2) is 48.5 Å². The summed E-state index contributed by atoms with van der Waals surface area (Å²) >= 11 is 5.87. The minimum atomic E-state index is 0. The molecule has 0 atom stereocenters. The molecular weight excluding hydrogens is 395 g/mol.